The van der Waals surface area contributed by atoms with Crippen molar-refractivity contribution in [2.75, 3.05) is 19.7 Å². The van der Waals surface area contributed by atoms with Gasteiger partial charge in [0.2, 0.25) is 0 Å². The maximum absolute atomic E-state index is 11.8. The van der Waals surface area contributed by atoms with Crippen LogP contribution in [0, 0.1) is 0 Å². The summed E-state index contributed by atoms with van der Waals surface area (Å²) in [6, 6.07) is 14.8. The highest BCUT2D eigenvalue weighted by atomic mass is 16.5. The van der Waals surface area contributed by atoms with Crippen LogP contribution in [0.5, 0.6) is 5.75 Å². The van der Waals surface area contributed by atoms with Crippen molar-refractivity contribution in [1.29, 1.82) is 0 Å². The molecule has 2 aromatic rings. The molecule has 5 nitrogen and oxygen atoms in total. The average molecular weight is 383 g/mol. The van der Waals surface area contributed by atoms with Gasteiger partial charge in [-0.1, -0.05) is 30.3 Å². The molecule has 0 bridgehead atoms. The zero-order valence-electron chi connectivity index (χ0n) is 16.7. The largest absolute Gasteiger partial charge is 0.508 e. The number of phenols is 1. The predicted octanol–water partition coefficient (Wildman–Crippen LogP) is 3.98. The molecule has 0 aromatic heterocycles. The Hall–Kier alpha value is -2.66. The molecule has 0 spiro atoms. The average Bonchev–Trinajstić information content (AvgIpc) is 2.67. The zero-order chi connectivity index (χ0) is 20.4. The molecule has 0 saturated heterocycles. The van der Waals surface area contributed by atoms with Crippen LogP contribution in [0.2, 0.25) is 0 Å². The van der Waals surface area contributed by atoms with E-state index in [1.54, 1.807) is 32.0 Å². The minimum Gasteiger partial charge on any atom is -0.508 e. The van der Waals surface area contributed by atoms with E-state index < -0.39 is 0 Å². The van der Waals surface area contributed by atoms with E-state index in [1.807, 2.05) is 30.3 Å². The van der Waals surface area contributed by atoms with Crippen LogP contribution in [0.25, 0.3) is 0 Å². The first-order chi connectivity index (χ1) is 13.5. The number of aromatic hydroxyl groups is 1. The summed E-state index contributed by atoms with van der Waals surface area (Å²) in [4.78, 5) is 25.3. The van der Waals surface area contributed by atoms with Crippen LogP contribution in [-0.2, 0) is 22.5 Å². The zero-order valence-corrected chi connectivity index (χ0v) is 16.7. The molecular weight excluding hydrogens is 354 g/mol. The van der Waals surface area contributed by atoms with Crippen LogP contribution < -0.4 is 0 Å². The molecule has 0 radical (unpaired) electrons. The first-order valence-electron chi connectivity index (χ1n) is 9.74. The van der Waals surface area contributed by atoms with Gasteiger partial charge in [0.05, 0.1) is 12.2 Å². The first-order valence-corrected chi connectivity index (χ1v) is 9.74. The summed E-state index contributed by atoms with van der Waals surface area (Å²) in [6.45, 7) is 6.05. The van der Waals surface area contributed by atoms with Crippen molar-refractivity contribution in [1.82, 2.24) is 4.90 Å². The molecule has 0 saturated carbocycles. The van der Waals surface area contributed by atoms with Gasteiger partial charge in [-0.3, -0.25) is 4.90 Å². The fourth-order valence-corrected chi connectivity index (χ4v) is 3.04. The molecule has 0 aliphatic carbocycles. The molecule has 150 valence electrons. The third-order valence-corrected chi connectivity index (χ3v) is 4.56. The Morgan fingerprint density at radius 2 is 1.75 bits per heavy atom. The number of nitrogens with zero attached hydrogens (tertiary/aromatic N) is 1. The first kappa shape index (κ1) is 21.6. The van der Waals surface area contributed by atoms with E-state index in [9.17, 15) is 14.7 Å². The Morgan fingerprint density at radius 1 is 1.04 bits per heavy atom. The van der Waals surface area contributed by atoms with E-state index in [-0.39, 0.29) is 11.8 Å². The summed E-state index contributed by atoms with van der Waals surface area (Å²) in [5.74, 6) is 0.191. The fourth-order valence-electron chi connectivity index (χ4n) is 3.04. The molecule has 2 rings (SSSR count). The number of para-hydroxylation sites is 1. The quantitative estimate of drug-likeness (QED) is 0.595. The fraction of sp³-hybridized carbons (Fsp3) is 0.391. The smallest absolute Gasteiger partial charge is 0.338 e. The highest BCUT2D eigenvalue weighted by Gasteiger charge is 2.11. The lowest BCUT2D eigenvalue weighted by molar-refractivity contribution is -0.117. The molecular formula is C23H29NO4. The van der Waals surface area contributed by atoms with Gasteiger partial charge in [-0.15, -0.1) is 0 Å². The molecule has 0 amide bonds. The number of carbonyl (C=O) groups excluding carboxylic acids is 2. The van der Waals surface area contributed by atoms with E-state index in [4.69, 9.17) is 4.74 Å². The van der Waals surface area contributed by atoms with Crippen LogP contribution in [0.15, 0.2) is 48.5 Å². The van der Waals surface area contributed by atoms with Crippen LogP contribution >= 0.6 is 0 Å². The van der Waals surface area contributed by atoms with Gasteiger partial charge in [-0.25, -0.2) is 4.79 Å². The Kier molecular flexibility index (Phi) is 8.69. The van der Waals surface area contributed by atoms with Crippen LogP contribution in [-0.4, -0.2) is 41.5 Å². The van der Waals surface area contributed by atoms with Crippen molar-refractivity contribution in [3.63, 3.8) is 0 Å². The normalized spacial score (nSPS) is 10.8. The van der Waals surface area contributed by atoms with Crippen molar-refractivity contribution < 1.29 is 19.4 Å². The number of Topliss-reactive ketones (excluding diaryl/α,β-unsaturated/α-hetero) is 1. The molecule has 0 unspecified atom stereocenters. The van der Waals surface area contributed by atoms with E-state index in [0.717, 1.165) is 37.1 Å². The van der Waals surface area contributed by atoms with Crippen molar-refractivity contribution in [3.05, 3.63) is 65.2 Å². The number of carbonyl (C=O) groups is 2. The highest BCUT2D eigenvalue weighted by molar-refractivity contribution is 5.89. The summed E-state index contributed by atoms with van der Waals surface area (Å²) in [7, 11) is 0. The van der Waals surface area contributed by atoms with Crippen molar-refractivity contribution >= 4 is 11.8 Å². The van der Waals surface area contributed by atoms with Gasteiger partial charge in [-0.2, -0.15) is 0 Å². The number of rotatable bonds is 11. The van der Waals surface area contributed by atoms with Crippen LogP contribution in [0.1, 0.15) is 48.2 Å². The van der Waals surface area contributed by atoms with E-state index in [2.05, 4.69) is 4.90 Å². The van der Waals surface area contributed by atoms with Gasteiger partial charge < -0.3 is 14.6 Å². The van der Waals surface area contributed by atoms with Gasteiger partial charge in [0, 0.05) is 19.5 Å². The maximum atomic E-state index is 11.8. The molecule has 1 N–H and O–H groups in total. The lowest BCUT2D eigenvalue weighted by atomic mass is 10.1. The minimum atomic E-state index is -0.313. The predicted molar refractivity (Wildman–Crippen MR) is 109 cm³/mol. The standard InChI is InChI=1S/C23H29NO4/c1-3-28-23(27)21-12-10-19(11-13-21)17-24(15-6-7-18(2)25)16-14-20-8-4-5-9-22(20)26/h4-5,8-13,26H,3,6-7,14-17H2,1-2H3. The number of ether oxygens (including phenoxy) is 1. The maximum Gasteiger partial charge on any atom is 0.338 e. The van der Waals surface area contributed by atoms with Gasteiger partial charge in [-0.05, 0) is 62.6 Å². The van der Waals surface area contributed by atoms with E-state index in [1.165, 1.54) is 0 Å². The molecule has 0 fully saturated rings. The number of esters is 1. The summed E-state index contributed by atoms with van der Waals surface area (Å²) < 4.78 is 5.02. The molecule has 2 aromatic carbocycles. The summed E-state index contributed by atoms with van der Waals surface area (Å²) in [5.41, 5.74) is 2.55. The van der Waals surface area contributed by atoms with Gasteiger partial charge in [0.25, 0.3) is 0 Å². The Labute approximate surface area is 166 Å². The summed E-state index contributed by atoms with van der Waals surface area (Å²) >= 11 is 0. The number of hydrogen-bond donors (Lipinski definition) is 1. The Bertz CT molecular complexity index is 770. The molecule has 28 heavy (non-hydrogen) atoms. The highest BCUT2D eigenvalue weighted by Crippen LogP contribution is 2.17. The topological polar surface area (TPSA) is 66.8 Å². The van der Waals surface area contributed by atoms with Gasteiger partial charge in [0.15, 0.2) is 0 Å². The number of phenolic OH excluding ortho intramolecular Hbond substituents is 1. The van der Waals surface area contributed by atoms with Crippen molar-refractivity contribution in [2.24, 2.45) is 0 Å². The lowest BCUT2D eigenvalue weighted by Gasteiger charge is -2.22. The Morgan fingerprint density at radius 3 is 2.39 bits per heavy atom. The SMILES string of the molecule is CCOC(=O)c1ccc(CN(CCCC(C)=O)CCc2ccccc2O)cc1. The minimum absolute atomic E-state index is 0.194. The van der Waals surface area contributed by atoms with E-state index >= 15 is 0 Å². The lowest BCUT2D eigenvalue weighted by Crippen LogP contribution is -2.27. The van der Waals surface area contributed by atoms with Crippen molar-refractivity contribution in [3.8, 4) is 5.75 Å². The second kappa shape index (κ2) is 11.2. The van der Waals surface area contributed by atoms with E-state index in [0.29, 0.717) is 30.9 Å². The number of ketones is 1. The molecule has 5 heteroatoms. The molecule has 0 atom stereocenters. The molecule has 0 heterocycles. The van der Waals surface area contributed by atoms with Crippen LogP contribution in [0.4, 0.5) is 0 Å². The molecule has 0 aliphatic rings. The van der Waals surface area contributed by atoms with Gasteiger partial charge in [0.1, 0.15) is 11.5 Å². The third-order valence-electron chi connectivity index (χ3n) is 4.56. The van der Waals surface area contributed by atoms with Crippen molar-refractivity contribution in [2.45, 2.75) is 39.7 Å². The summed E-state index contributed by atoms with van der Waals surface area (Å²) in [6.07, 6.45) is 2.10. The van der Waals surface area contributed by atoms with Gasteiger partial charge >= 0.3 is 5.97 Å². The van der Waals surface area contributed by atoms with Crippen LogP contribution in [0.3, 0.4) is 0 Å². The second-order valence-electron chi connectivity index (χ2n) is 6.88. The number of benzene rings is 2. The Balaban J connectivity index is 2.00. The number of hydrogen-bond acceptors (Lipinski definition) is 5. The molecule has 0 aliphatic heterocycles. The third kappa shape index (κ3) is 7.16. The summed E-state index contributed by atoms with van der Waals surface area (Å²) in [5, 5.41) is 9.98. The second-order valence-corrected chi connectivity index (χ2v) is 6.88. The monoisotopic (exact) mass is 383 g/mol.